The Bertz CT molecular complexity index is 457. The van der Waals surface area contributed by atoms with Gasteiger partial charge in [-0.05, 0) is 18.2 Å². The van der Waals surface area contributed by atoms with Crippen LogP contribution in [0.4, 0.5) is 5.69 Å². The summed E-state index contributed by atoms with van der Waals surface area (Å²) in [6.45, 7) is 0. The van der Waals surface area contributed by atoms with Gasteiger partial charge < -0.3 is 0 Å². The maximum absolute atomic E-state index is 9.94. The van der Waals surface area contributed by atoms with Gasteiger partial charge >= 0.3 is 0 Å². The monoisotopic (exact) mass is 176 g/mol. The Morgan fingerprint density at radius 1 is 1.50 bits per heavy atom. The zero-order valence-corrected chi connectivity index (χ0v) is 6.84. The largest absolute Gasteiger partial charge is 0.245 e. The van der Waals surface area contributed by atoms with Crippen LogP contribution in [-0.2, 0) is 4.79 Å². The number of carbonyl (C=O) groups excluding carboxylic acids is 1. The van der Waals surface area contributed by atoms with Crippen molar-refractivity contribution in [1.82, 2.24) is 4.98 Å². The minimum absolute atomic E-state index is 0.600. The highest BCUT2D eigenvalue weighted by atomic mass is 32.1. The average molecular weight is 176 g/mol. The molecule has 2 rings (SSSR count). The van der Waals surface area contributed by atoms with Gasteiger partial charge in [0.25, 0.3) is 0 Å². The van der Waals surface area contributed by atoms with Crippen LogP contribution in [0.3, 0.4) is 0 Å². The van der Waals surface area contributed by atoms with Crippen LogP contribution in [-0.4, -0.2) is 11.1 Å². The molecule has 0 amide bonds. The highest BCUT2D eigenvalue weighted by Crippen LogP contribution is 2.22. The number of aromatic nitrogens is 1. The van der Waals surface area contributed by atoms with Gasteiger partial charge in [0.1, 0.15) is 0 Å². The number of fused-ring (bicyclic) bond motifs is 1. The van der Waals surface area contributed by atoms with Crippen LogP contribution < -0.4 is 0 Å². The maximum atomic E-state index is 9.94. The lowest BCUT2D eigenvalue weighted by Crippen LogP contribution is -1.66. The molecule has 0 aliphatic heterocycles. The minimum Gasteiger partial charge on any atom is -0.245 e. The van der Waals surface area contributed by atoms with E-state index in [4.69, 9.17) is 0 Å². The number of hydrogen-bond acceptors (Lipinski definition) is 4. The summed E-state index contributed by atoms with van der Waals surface area (Å²) in [5, 5.41) is 0. The predicted molar refractivity (Wildman–Crippen MR) is 47.4 cm³/mol. The highest BCUT2D eigenvalue weighted by Gasteiger charge is 1.96. The summed E-state index contributed by atoms with van der Waals surface area (Å²) in [7, 11) is 0. The molecule has 0 unspecified atom stereocenters. The Hall–Kier alpha value is -1.51. The third kappa shape index (κ3) is 1.13. The summed E-state index contributed by atoms with van der Waals surface area (Å²) >= 11 is 1.56. The van der Waals surface area contributed by atoms with Crippen LogP contribution in [0.15, 0.2) is 28.7 Å². The van der Waals surface area contributed by atoms with Gasteiger partial charge in [0.2, 0.25) is 6.08 Å². The van der Waals surface area contributed by atoms with Crippen molar-refractivity contribution < 1.29 is 4.79 Å². The van der Waals surface area contributed by atoms with Gasteiger partial charge in [-0.3, -0.25) is 0 Å². The van der Waals surface area contributed by atoms with Crippen LogP contribution in [0.5, 0.6) is 0 Å². The number of rotatable bonds is 1. The molecule has 2 aromatic rings. The Morgan fingerprint density at radius 3 is 3.25 bits per heavy atom. The van der Waals surface area contributed by atoms with E-state index in [2.05, 4.69) is 9.98 Å². The van der Waals surface area contributed by atoms with Crippen molar-refractivity contribution >= 4 is 33.3 Å². The fourth-order valence-corrected chi connectivity index (χ4v) is 1.63. The zero-order valence-electron chi connectivity index (χ0n) is 6.02. The second-order valence-electron chi connectivity index (χ2n) is 2.21. The van der Waals surface area contributed by atoms with E-state index in [1.807, 2.05) is 6.07 Å². The first kappa shape index (κ1) is 7.16. The summed E-state index contributed by atoms with van der Waals surface area (Å²) in [4.78, 5) is 17.5. The molecular weight excluding hydrogens is 172 g/mol. The third-order valence-electron chi connectivity index (χ3n) is 1.49. The number of isocyanates is 1. The number of benzene rings is 1. The first-order valence-corrected chi connectivity index (χ1v) is 4.19. The summed E-state index contributed by atoms with van der Waals surface area (Å²) in [5.41, 5.74) is 3.24. The normalized spacial score (nSPS) is 9.67. The Kier molecular flexibility index (Phi) is 1.70. The molecule has 0 aliphatic rings. The van der Waals surface area contributed by atoms with Crippen molar-refractivity contribution in [3.63, 3.8) is 0 Å². The molecule has 0 atom stereocenters. The number of thiazole rings is 1. The first-order valence-electron chi connectivity index (χ1n) is 3.31. The van der Waals surface area contributed by atoms with E-state index in [-0.39, 0.29) is 0 Å². The average Bonchev–Trinajstić information content (AvgIpc) is 2.51. The number of nitrogens with zero attached hydrogens (tertiary/aromatic N) is 2. The fraction of sp³-hybridized carbons (Fsp3) is 0. The second kappa shape index (κ2) is 2.85. The molecule has 0 saturated carbocycles. The molecule has 0 radical (unpaired) electrons. The van der Waals surface area contributed by atoms with Crippen molar-refractivity contribution in [1.29, 1.82) is 0 Å². The summed E-state index contributed by atoms with van der Waals surface area (Å²) in [6.07, 6.45) is 1.49. The molecule has 3 nitrogen and oxygen atoms in total. The van der Waals surface area contributed by atoms with E-state index in [0.717, 1.165) is 10.2 Å². The van der Waals surface area contributed by atoms with Crippen LogP contribution in [0.2, 0.25) is 0 Å². The quantitative estimate of drug-likeness (QED) is 0.494. The fourth-order valence-electron chi connectivity index (χ4n) is 0.968. The van der Waals surface area contributed by atoms with Gasteiger partial charge in [0.05, 0.1) is 21.4 Å². The second-order valence-corrected chi connectivity index (χ2v) is 3.09. The van der Waals surface area contributed by atoms with Crippen molar-refractivity contribution in [3.05, 3.63) is 23.7 Å². The molecule has 1 aromatic heterocycles. The van der Waals surface area contributed by atoms with Crippen molar-refractivity contribution in [2.24, 2.45) is 4.99 Å². The molecule has 0 fully saturated rings. The van der Waals surface area contributed by atoms with Crippen LogP contribution in [0.25, 0.3) is 10.2 Å². The Labute approximate surface area is 72.4 Å². The van der Waals surface area contributed by atoms with E-state index >= 15 is 0 Å². The van der Waals surface area contributed by atoms with E-state index in [1.54, 1.807) is 29.0 Å². The van der Waals surface area contributed by atoms with Gasteiger partial charge in [-0.1, -0.05) is 0 Å². The Morgan fingerprint density at radius 2 is 2.42 bits per heavy atom. The van der Waals surface area contributed by atoms with E-state index < -0.39 is 0 Å². The Balaban J connectivity index is 2.67. The van der Waals surface area contributed by atoms with Crippen LogP contribution >= 0.6 is 11.3 Å². The molecule has 58 valence electrons. The summed E-state index contributed by atoms with van der Waals surface area (Å²) in [5.74, 6) is 0. The molecule has 0 N–H and O–H groups in total. The molecular formula is C8H4N2OS. The molecule has 4 heteroatoms. The number of aliphatic imine (C=N–C) groups is 1. The van der Waals surface area contributed by atoms with E-state index in [9.17, 15) is 4.79 Å². The van der Waals surface area contributed by atoms with E-state index in [0.29, 0.717) is 5.69 Å². The molecule has 0 saturated heterocycles. The smallest absolute Gasteiger partial charge is 0.240 e. The van der Waals surface area contributed by atoms with Gasteiger partial charge in [0, 0.05) is 0 Å². The highest BCUT2D eigenvalue weighted by molar-refractivity contribution is 7.16. The minimum atomic E-state index is 0.600. The first-order chi connectivity index (χ1) is 5.90. The SMILES string of the molecule is O=C=Nc1ccc2scnc2c1. The molecule has 0 aliphatic carbocycles. The van der Waals surface area contributed by atoms with Crippen LogP contribution in [0, 0.1) is 0 Å². The van der Waals surface area contributed by atoms with Gasteiger partial charge in [-0.2, -0.15) is 4.99 Å². The zero-order chi connectivity index (χ0) is 8.39. The molecule has 1 aromatic carbocycles. The standard InChI is InChI=1S/C8H4N2OS/c11-4-9-6-1-2-8-7(3-6)10-5-12-8/h1-3,5H. The summed E-state index contributed by atoms with van der Waals surface area (Å²) in [6, 6.07) is 5.42. The van der Waals surface area contributed by atoms with Crippen molar-refractivity contribution in [2.45, 2.75) is 0 Å². The molecule has 1 heterocycles. The third-order valence-corrected chi connectivity index (χ3v) is 2.30. The lowest BCUT2D eigenvalue weighted by molar-refractivity contribution is 0.565. The van der Waals surface area contributed by atoms with Gasteiger partial charge in [-0.15, -0.1) is 11.3 Å². The van der Waals surface area contributed by atoms with E-state index in [1.165, 1.54) is 6.08 Å². The number of hydrogen-bond donors (Lipinski definition) is 0. The van der Waals surface area contributed by atoms with Crippen molar-refractivity contribution in [2.75, 3.05) is 0 Å². The maximum Gasteiger partial charge on any atom is 0.240 e. The topological polar surface area (TPSA) is 42.3 Å². The summed E-state index contributed by atoms with van der Waals surface area (Å²) < 4.78 is 1.10. The molecule has 0 bridgehead atoms. The molecule has 12 heavy (non-hydrogen) atoms. The van der Waals surface area contributed by atoms with Gasteiger partial charge in [0.15, 0.2) is 0 Å². The van der Waals surface area contributed by atoms with Gasteiger partial charge in [-0.25, -0.2) is 9.78 Å². The predicted octanol–water partition coefficient (Wildman–Crippen LogP) is 2.26. The molecule has 0 spiro atoms. The lowest BCUT2D eigenvalue weighted by Gasteiger charge is -1.88. The van der Waals surface area contributed by atoms with Crippen molar-refractivity contribution in [3.8, 4) is 0 Å². The van der Waals surface area contributed by atoms with Crippen LogP contribution in [0.1, 0.15) is 0 Å². The lowest BCUT2D eigenvalue weighted by atomic mass is 10.3.